The Labute approximate surface area is 229 Å². The molecule has 39 heavy (non-hydrogen) atoms. The summed E-state index contributed by atoms with van der Waals surface area (Å²) in [6.45, 7) is 6.10. The Kier molecular flexibility index (Phi) is 8.57. The molecule has 9 nitrogen and oxygen atoms in total. The Balaban J connectivity index is 1.47. The molecule has 206 valence electrons. The van der Waals surface area contributed by atoms with Crippen LogP contribution in [0.4, 0.5) is 11.4 Å². The van der Waals surface area contributed by atoms with E-state index in [-0.39, 0.29) is 23.9 Å². The molecule has 0 spiro atoms. The van der Waals surface area contributed by atoms with Gasteiger partial charge in [0, 0.05) is 30.0 Å². The maximum absolute atomic E-state index is 13.3. The summed E-state index contributed by atoms with van der Waals surface area (Å²) >= 11 is 0. The van der Waals surface area contributed by atoms with E-state index in [9.17, 15) is 18.0 Å². The molecule has 3 aromatic carbocycles. The van der Waals surface area contributed by atoms with Gasteiger partial charge in [0.25, 0.3) is 5.91 Å². The normalized spacial score (nSPS) is 12.8. The van der Waals surface area contributed by atoms with Crippen LogP contribution >= 0.6 is 0 Å². The van der Waals surface area contributed by atoms with Gasteiger partial charge in [-0.05, 0) is 86.0 Å². The predicted molar refractivity (Wildman–Crippen MR) is 150 cm³/mol. The fourth-order valence-electron chi connectivity index (χ4n) is 4.53. The number of fused-ring (bicyclic) bond motifs is 1. The molecule has 0 saturated heterocycles. The zero-order valence-corrected chi connectivity index (χ0v) is 23.4. The molecule has 0 aliphatic carbocycles. The van der Waals surface area contributed by atoms with Crippen LogP contribution in [0.15, 0.2) is 65.6 Å². The summed E-state index contributed by atoms with van der Waals surface area (Å²) in [4.78, 5) is 27.9. The van der Waals surface area contributed by atoms with Gasteiger partial charge < -0.3 is 19.7 Å². The molecule has 4 rings (SSSR count). The SMILES string of the molecule is CCOc1ccc(S(=O)(=O)N(CC)CC(=O)Nc2ccc3c(c2)N(C(=O)c2ccc(OC)cc2)CC3)cc1C. The monoisotopic (exact) mass is 551 g/mol. The van der Waals surface area contributed by atoms with Crippen molar-refractivity contribution in [2.24, 2.45) is 0 Å². The summed E-state index contributed by atoms with van der Waals surface area (Å²) in [5.41, 5.74) is 3.44. The third-order valence-electron chi connectivity index (χ3n) is 6.60. The fraction of sp³-hybridized carbons (Fsp3) is 0.310. The Morgan fingerprint density at radius 3 is 2.41 bits per heavy atom. The zero-order valence-electron chi connectivity index (χ0n) is 22.6. The first kappa shape index (κ1) is 28.1. The van der Waals surface area contributed by atoms with Crippen LogP contribution in [0.5, 0.6) is 11.5 Å². The summed E-state index contributed by atoms with van der Waals surface area (Å²) in [7, 11) is -2.33. The van der Waals surface area contributed by atoms with E-state index in [1.54, 1.807) is 74.4 Å². The highest BCUT2D eigenvalue weighted by Crippen LogP contribution is 2.32. The number of sulfonamides is 1. The average molecular weight is 552 g/mol. The highest BCUT2D eigenvalue weighted by Gasteiger charge is 2.28. The minimum atomic E-state index is -3.90. The highest BCUT2D eigenvalue weighted by atomic mass is 32.2. The molecule has 10 heteroatoms. The topological polar surface area (TPSA) is 105 Å². The van der Waals surface area contributed by atoms with Crippen molar-refractivity contribution in [2.45, 2.75) is 32.1 Å². The number of methoxy groups -OCH3 is 1. The van der Waals surface area contributed by atoms with Crippen molar-refractivity contribution < 1.29 is 27.5 Å². The van der Waals surface area contributed by atoms with Crippen LogP contribution in [-0.2, 0) is 21.2 Å². The number of carbonyl (C=O) groups excluding carboxylic acids is 2. The first-order valence-electron chi connectivity index (χ1n) is 12.8. The number of rotatable bonds is 10. The fourth-order valence-corrected chi connectivity index (χ4v) is 6.02. The molecule has 0 atom stereocenters. The van der Waals surface area contributed by atoms with Gasteiger partial charge in [-0.1, -0.05) is 13.0 Å². The molecule has 1 N–H and O–H groups in total. The second kappa shape index (κ2) is 11.9. The molecule has 0 saturated carbocycles. The van der Waals surface area contributed by atoms with Gasteiger partial charge in [0.1, 0.15) is 11.5 Å². The number of likely N-dealkylation sites (N-methyl/N-ethyl adjacent to an activating group) is 1. The molecule has 2 amide bonds. The summed E-state index contributed by atoms with van der Waals surface area (Å²) in [5.74, 6) is 0.662. The van der Waals surface area contributed by atoms with Crippen LogP contribution in [0.1, 0.15) is 35.3 Å². The van der Waals surface area contributed by atoms with Gasteiger partial charge in [0.05, 0.1) is 25.2 Å². The number of aryl methyl sites for hydroxylation is 1. The smallest absolute Gasteiger partial charge is 0.258 e. The second-order valence-electron chi connectivity index (χ2n) is 9.12. The van der Waals surface area contributed by atoms with E-state index in [0.29, 0.717) is 47.9 Å². The van der Waals surface area contributed by atoms with E-state index in [1.165, 1.54) is 6.07 Å². The van der Waals surface area contributed by atoms with Crippen molar-refractivity contribution in [2.75, 3.05) is 43.6 Å². The van der Waals surface area contributed by atoms with Gasteiger partial charge in [0.2, 0.25) is 15.9 Å². The number of benzene rings is 3. The quantitative estimate of drug-likeness (QED) is 0.404. The largest absolute Gasteiger partial charge is 0.497 e. The molecular weight excluding hydrogens is 518 g/mol. The van der Waals surface area contributed by atoms with Gasteiger partial charge in [-0.15, -0.1) is 0 Å². The molecule has 1 aliphatic rings. The van der Waals surface area contributed by atoms with E-state index < -0.39 is 15.9 Å². The van der Waals surface area contributed by atoms with Crippen LogP contribution in [0.2, 0.25) is 0 Å². The van der Waals surface area contributed by atoms with Crippen LogP contribution in [0.25, 0.3) is 0 Å². The lowest BCUT2D eigenvalue weighted by molar-refractivity contribution is -0.116. The maximum atomic E-state index is 13.3. The Hall–Kier alpha value is -3.89. The minimum Gasteiger partial charge on any atom is -0.497 e. The molecule has 1 aliphatic heterocycles. The molecule has 1 heterocycles. The first-order valence-corrected chi connectivity index (χ1v) is 14.2. The highest BCUT2D eigenvalue weighted by molar-refractivity contribution is 7.89. The van der Waals surface area contributed by atoms with Gasteiger partial charge in [0.15, 0.2) is 0 Å². The zero-order chi connectivity index (χ0) is 28.2. The van der Waals surface area contributed by atoms with E-state index in [0.717, 1.165) is 15.6 Å². The Morgan fingerprint density at radius 2 is 1.77 bits per heavy atom. The number of ether oxygens (including phenoxy) is 2. The summed E-state index contributed by atoms with van der Waals surface area (Å²) < 4.78 is 38.4. The third kappa shape index (κ3) is 6.07. The van der Waals surface area contributed by atoms with E-state index in [2.05, 4.69) is 5.32 Å². The van der Waals surface area contributed by atoms with Crippen molar-refractivity contribution in [3.8, 4) is 11.5 Å². The predicted octanol–water partition coefficient (Wildman–Crippen LogP) is 4.25. The Morgan fingerprint density at radius 1 is 1.03 bits per heavy atom. The van der Waals surface area contributed by atoms with Crippen LogP contribution in [-0.4, -0.2) is 57.9 Å². The van der Waals surface area contributed by atoms with Crippen molar-refractivity contribution in [1.82, 2.24) is 4.31 Å². The lowest BCUT2D eigenvalue weighted by atomic mass is 10.1. The third-order valence-corrected chi connectivity index (χ3v) is 8.52. The molecule has 0 radical (unpaired) electrons. The summed E-state index contributed by atoms with van der Waals surface area (Å²) in [6.07, 6.45) is 0.703. The number of nitrogens with one attached hydrogen (secondary N) is 1. The molecular formula is C29H33N3O6S. The van der Waals surface area contributed by atoms with Gasteiger partial charge in [-0.2, -0.15) is 4.31 Å². The number of carbonyl (C=O) groups is 2. The second-order valence-corrected chi connectivity index (χ2v) is 11.1. The number of amides is 2. The summed E-state index contributed by atoms with van der Waals surface area (Å²) in [6, 6.07) is 17.0. The molecule has 3 aromatic rings. The minimum absolute atomic E-state index is 0.100. The Bertz CT molecular complexity index is 1470. The van der Waals surface area contributed by atoms with Gasteiger partial charge >= 0.3 is 0 Å². The van der Waals surface area contributed by atoms with Crippen LogP contribution < -0.4 is 19.7 Å². The first-order chi connectivity index (χ1) is 18.7. The van der Waals surface area contributed by atoms with Crippen molar-refractivity contribution in [3.05, 3.63) is 77.4 Å². The lowest BCUT2D eigenvalue weighted by Gasteiger charge is -2.21. The number of nitrogens with zero attached hydrogens (tertiary/aromatic N) is 2. The lowest BCUT2D eigenvalue weighted by Crippen LogP contribution is -2.37. The van der Waals surface area contributed by atoms with Crippen LogP contribution in [0.3, 0.4) is 0 Å². The number of hydrogen-bond donors (Lipinski definition) is 1. The van der Waals surface area contributed by atoms with E-state index >= 15 is 0 Å². The molecule has 0 unspecified atom stereocenters. The van der Waals surface area contributed by atoms with E-state index in [1.807, 2.05) is 13.0 Å². The van der Waals surface area contributed by atoms with Crippen molar-refractivity contribution >= 4 is 33.2 Å². The summed E-state index contributed by atoms with van der Waals surface area (Å²) in [5, 5.41) is 2.79. The van der Waals surface area contributed by atoms with E-state index in [4.69, 9.17) is 9.47 Å². The molecule has 0 aromatic heterocycles. The van der Waals surface area contributed by atoms with Crippen LogP contribution in [0, 0.1) is 6.92 Å². The van der Waals surface area contributed by atoms with Gasteiger partial charge in [-0.25, -0.2) is 8.42 Å². The maximum Gasteiger partial charge on any atom is 0.258 e. The van der Waals surface area contributed by atoms with Gasteiger partial charge in [-0.3, -0.25) is 9.59 Å². The standard InChI is InChI=1S/C29H33N3O6S/c1-5-31(39(35,36)25-13-14-27(38-6-2)20(3)17-25)19-28(33)30-23-10-7-21-15-16-32(26(21)18-23)29(34)22-8-11-24(37-4)12-9-22/h7-14,17-18H,5-6,15-16,19H2,1-4H3,(H,30,33). The molecule has 0 fully saturated rings. The number of anilines is 2. The van der Waals surface area contributed by atoms with Crippen molar-refractivity contribution in [3.63, 3.8) is 0 Å². The number of hydrogen-bond acceptors (Lipinski definition) is 6. The average Bonchev–Trinajstić information content (AvgIpc) is 3.35. The van der Waals surface area contributed by atoms with Crippen molar-refractivity contribution in [1.29, 1.82) is 0 Å². The molecule has 0 bridgehead atoms.